The summed E-state index contributed by atoms with van der Waals surface area (Å²) in [5.41, 5.74) is 6.07. The van der Waals surface area contributed by atoms with Gasteiger partial charge in [0.25, 0.3) is 0 Å². The van der Waals surface area contributed by atoms with Gasteiger partial charge in [0.05, 0.1) is 10.5 Å². The molecule has 0 amide bonds. The Morgan fingerprint density at radius 2 is 2.14 bits per heavy atom. The van der Waals surface area contributed by atoms with Gasteiger partial charge < -0.3 is 5.73 Å². The predicted octanol–water partition coefficient (Wildman–Crippen LogP) is 2.24. The van der Waals surface area contributed by atoms with E-state index < -0.39 is 10.0 Å². The van der Waals surface area contributed by atoms with E-state index in [9.17, 15) is 8.42 Å². The third-order valence-corrected chi connectivity index (χ3v) is 6.02. The maximum Gasteiger partial charge on any atom is 0.242 e. The van der Waals surface area contributed by atoms with E-state index in [0.717, 1.165) is 19.3 Å². The lowest BCUT2D eigenvalue weighted by molar-refractivity contribution is 0.368. The van der Waals surface area contributed by atoms with Crippen molar-refractivity contribution in [3.63, 3.8) is 0 Å². The Kier molecular flexibility index (Phi) is 4.55. The highest BCUT2D eigenvalue weighted by Crippen LogP contribution is 2.34. The monoisotopic (exact) mass is 307 g/mol. The topological polar surface area (TPSA) is 96.0 Å². The van der Waals surface area contributed by atoms with Crippen LogP contribution in [0.3, 0.4) is 0 Å². The van der Waals surface area contributed by atoms with Crippen LogP contribution in [0.25, 0.3) is 0 Å². The number of hydrogen-bond donors (Lipinski definition) is 2. The van der Waals surface area contributed by atoms with Gasteiger partial charge in [0, 0.05) is 11.7 Å². The van der Waals surface area contributed by atoms with Gasteiger partial charge in [-0.25, -0.2) is 13.1 Å². The molecule has 114 valence electrons. The van der Waals surface area contributed by atoms with E-state index in [1.165, 1.54) is 18.2 Å². The molecule has 1 aromatic rings. The summed E-state index contributed by atoms with van der Waals surface area (Å²) >= 11 is 0. The number of nitrogens with two attached hydrogens (primary N) is 1. The lowest BCUT2D eigenvalue weighted by Crippen LogP contribution is -2.37. The summed E-state index contributed by atoms with van der Waals surface area (Å²) in [5, 5.41) is 9.10. The maximum absolute atomic E-state index is 12.5. The first kappa shape index (κ1) is 15.8. The normalized spacial score (nSPS) is 25.7. The molecular weight excluding hydrogens is 286 g/mol. The van der Waals surface area contributed by atoms with Crippen molar-refractivity contribution >= 4 is 15.7 Å². The van der Waals surface area contributed by atoms with Crippen LogP contribution in [0.15, 0.2) is 23.1 Å². The fourth-order valence-corrected chi connectivity index (χ4v) is 4.62. The summed E-state index contributed by atoms with van der Waals surface area (Å²) in [6, 6.07) is 6.12. The van der Waals surface area contributed by atoms with Crippen LogP contribution in [0.5, 0.6) is 0 Å². The fourth-order valence-electron chi connectivity index (χ4n) is 3.12. The van der Waals surface area contributed by atoms with Crippen LogP contribution in [0.2, 0.25) is 0 Å². The Morgan fingerprint density at radius 3 is 2.71 bits per heavy atom. The number of nitrogens with one attached hydrogen (secondary N) is 1. The molecular formula is C15H21N3O2S. The third kappa shape index (κ3) is 3.20. The zero-order chi connectivity index (χ0) is 15.6. The van der Waals surface area contributed by atoms with Gasteiger partial charge in [0.15, 0.2) is 0 Å². The van der Waals surface area contributed by atoms with Crippen LogP contribution in [-0.2, 0) is 10.0 Å². The van der Waals surface area contributed by atoms with E-state index in [0.29, 0.717) is 17.5 Å². The SMILES string of the molecule is CCC1CCC(NS(=O)(=O)c2ccc(N)cc2C#N)C1C. The standard InChI is InChI=1S/C15H21N3O2S/c1-3-11-4-6-14(10(11)2)18-21(19,20)15-7-5-13(17)8-12(15)9-16/h5,7-8,10-11,14,18H,3-4,6,17H2,1-2H3. The summed E-state index contributed by atoms with van der Waals surface area (Å²) in [6.07, 6.45) is 2.94. The summed E-state index contributed by atoms with van der Waals surface area (Å²) in [7, 11) is -3.70. The van der Waals surface area contributed by atoms with Crippen molar-refractivity contribution in [3.05, 3.63) is 23.8 Å². The zero-order valence-electron chi connectivity index (χ0n) is 12.3. The van der Waals surface area contributed by atoms with Gasteiger partial charge >= 0.3 is 0 Å². The molecule has 1 aliphatic rings. The highest BCUT2D eigenvalue weighted by Gasteiger charge is 2.35. The van der Waals surface area contributed by atoms with E-state index in [4.69, 9.17) is 11.0 Å². The minimum Gasteiger partial charge on any atom is -0.399 e. The molecule has 0 aromatic heterocycles. The molecule has 0 heterocycles. The Labute approximate surface area is 126 Å². The molecule has 0 bridgehead atoms. The lowest BCUT2D eigenvalue weighted by atomic mass is 9.94. The molecule has 2 rings (SSSR count). The van der Waals surface area contributed by atoms with Gasteiger partial charge in [0.2, 0.25) is 10.0 Å². The van der Waals surface area contributed by atoms with Crippen molar-refractivity contribution in [3.8, 4) is 6.07 Å². The second-order valence-electron chi connectivity index (χ2n) is 5.70. The summed E-state index contributed by atoms with van der Waals surface area (Å²) < 4.78 is 27.8. The third-order valence-electron chi connectivity index (χ3n) is 4.47. The van der Waals surface area contributed by atoms with Gasteiger partial charge in [-0.3, -0.25) is 0 Å². The molecule has 3 N–H and O–H groups in total. The number of benzene rings is 1. The van der Waals surface area contributed by atoms with Crippen molar-refractivity contribution in [1.29, 1.82) is 5.26 Å². The van der Waals surface area contributed by atoms with E-state index in [2.05, 4.69) is 18.6 Å². The van der Waals surface area contributed by atoms with Crippen LogP contribution in [-0.4, -0.2) is 14.5 Å². The van der Waals surface area contributed by atoms with E-state index in [1.807, 2.05) is 6.07 Å². The highest BCUT2D eigenvalue weighted by atomic mass is 32.2. The molecule has 1 saturated carbocycles. The van der Waals surface area contributed by atoms with Crippen LogP contribution >= 0.6 is 0 Å². The molecule has 3 atom stereocenters. The van der Waals surface area contributed by atoms with E-state index in [1.54, 1.807) is 0 Å². The average molecular weight is 307 g/mol. The average Bonchev–Trinajstić information content (AvgIpc) is 2.78. The van der Waals surface area contributed by atoms with Crippen molar-refractivity contribution < 1.29 is 8.42 Å². The number of hydrogen-bond acceptors (Lipinski definition) is 4. The molecule has 0 radical (unpaired) electrons. The van der Waals surface area contributed by atoms with Gasteiger partial charge in [0.1, 0.15) is 6.07 Å². The molecule has 1 aromatic carbocycles. The maximum atomic E-state index is 12.5. The Morgan fingerprint density at radius 1 is 1.43 bits per heavy atom. The molecule has 0 saturated heterocycles. The van der Waals surface area contributed by atoms with Gasteiger partial charge in [-0.2, -0.15) is 5.26 Å². The summed E-state index contributed by atoms with van der Waals surface area (Å²) in [5.74, 6) is 0.864. The fraction of sp³-hybridized carbons (Fsp3) is 0.533. The van der Waals surface area contributed by atoms with Crippen molar-refractivity contribution in [2.75, 3.05) is 5.73 Å². The molecule has 0 aliphatic heterocycles. The summed E-state index contributed by atoms with van der Waals surface area (Å²) in [4.78, 5) is 0.00588. The van der Waals surface area contributed by atoms with E-state index >= 15 is 0 Å². The van der Waals surface area contributed by atoms with Gasteiger partial charge in [-0.05, 0) is 42.9 Å². The molecule has 3 unspecified atom stereocenters. The van der Waals surface area contributed by atoms with Crippen molar-refractivity contribution in [1.82, 2.24) is 4.72 Å². The number of nitrogens with zero attached hydrogens (tertiary/aromatic N) is 1. The molecule has 0 spiro atoms. The Hall–Kier alpha value is -1.58. The number of nitriles is 1. The minimum absolute atomic E-state index is 0.00588. The predicted molar refractivity (Wildman–Crippen MR) is 81.9 cm³/mol. The lowest BCUT2D eigenvalue weighted by Gasteiger charge is -2.21. The second-order valence-corrected chi connectivity index (χ2v) is 7.38. The van der Waals surface area contributed by atoms with E-state index in [-0.39, 0.29) is 16.5 Å². The van der Waals surface area contributed by atoms with Crippen LogP contribution in [0.4, 0.5) is 5.69 Å². The number of rotatable bonds is 4. The molecule has 21 heavy (non-hydrogen) atoms. The summed E-state index contributed by atoms with van der Waals surface area (Å²) in [6.45, 7) is 4.22. The molecule has 6 heteroatoms. The largest absolute Gasteiger partial charge is 0.399 e. The van der Waals surface area contributed by atoms with Gasteiger partial charge in [-0.1, -0.05) is 20.3 Å². The molecule has 5 nitrogen and oxygen atoms in total. The molecule has 1 fully saturated rings. The number of anilines is 1. The number of sulfonamides is 1. The van der Waals surface area contributed by atoms with Crippen molar-refractivity contribution in [2.24, 2.45) is 11.8 Å². The quantitative estimate of drug-likeness (QED) is 0.834. The highest BCUT2D eigenvalue weighted by molar-refractivity contribution is 7.89. The van der Waals surface area contributed by atoms with Crippen LogP contribution in [0.1, 0.15) is 38.7 Å². The second kappa shape index (κ2) is 6.04. The first-order valence-corrected chi connectivity index (χ1v) is 8.69. The zero-order valence-corrected chi connectivity index (χ0v) is 13.2. The molecule has 1 aliphatic carbocycles. The first-order chi connectivity index (χ1) is 9.89. The van der Waals surface area contributed by atoms with Crippen LogP contribution < -0.4 is 10.5 Å². The minimum atomic E-state index is -3.70. The Balaban J connectivity index is 2.26. The Bertz CT molecular complexity index is 664. The van der Waals surface area contributed by atoms with Crippen molar-refractivity contribution in [2.45, 2.75) is 44.0 Å². The van der Waals surface area contributed by atoms with Crippen LogP contribution in [0, 0.1) is 23.2 Å². The van der Waals surface area contributed by atoms with Gasteiger partial charge in [-0.15, -0.1) is 0 Å². The smallest absolute Gasteiger partial charge is 0.242 e. The number of nitrogen functional groups attached to an aromatic ring is 1. The first-order valence-electron chi connectivity index (χ1n) is 7.21.